The molecule has 6 nitrogen and oxygen atoms in total. The van der Waals surface area contributed by atoms with Crippen molar-refractivity contribution in [2.45, 2.75) is 16.6 Å². The van der Waals surface area contributed by atoms with Crippen LogP contribution in [0.1, 0.15) is 5.56 Å². The maximum atomic E-state index is 5.73. The Bertz CT molecular complexity index is 697. The van der Waals surface area contributed by atoms with E-state index in [0.29, 0.717) is 11.7 Å². The third kappa shape index (κ3) is 2.54. The summed E-state index contributed by atoms with van der Waals surface area (Å²) in [6.45, 7) is 0.456. The van der Waals surface area contributed by atoms with Crippen molar-refractivity contribution >= 4 is 11.8 Å². The van der Waals surface area contributed by atoms with Crippen LogP contribution in [0.15, 0.2) is 58.8 Å². The molecule has 0 amide bonds. The largest absolute Gasteiger partial charge is 0.326 e. The van der Waals surface area contributed by atoms with Crippen LogP contribution in [0.5, 0.6) is 0 Å². The smallest absolute Gasteiger partial charge is 0.218 e. The molecule has 20 heavy (non-hydrogen) atoms. The Hall–Kier alpha value is -2.25. The van der Waals surface area contributed by atoms with E-state index in [0.717, 1.165) is 16.1 Å². The number of para-hydroxylation sites is 1. The maximum Gasteiger partial charge on any atom is 0.218 e. The summed E-state index contributed by atoms with van der Waals surface area (Å²) < 4.78 is 1.69. The first-order valence-corrected chi connectivity index (χ1v) is 6.85. The molecule has 0 saturated heterocycles. The Kier molecular flexibility index (Phi) is 3.71. The fraction of sp³-hybridized carbons (Fsp3) is 0.0769. The monoisotopic (exact) mass is 284 g/mol. The Balaban J connectivity index is 1.95. The zero-order chi connectivity index (χ0) is 13.8. The van der Waals surface area contributed by atoms with Crippen LogP contribution in [-0.4, -0.2) is 25.2 Å². The highest BCUT2D eigenvalue weighted by Crippen LogP contribution is 2.28. The summed E-state index contributed by atoms with van der Waals surface area (Å²) in [7, 11) is 0. The van der Waals surface area contributed by atoms with Crippen LogP contribution < -0.4 is 5.73 Å². The minimum Gasteiger partial charge on any atom is -0.326 e. The molecule has 0 aliphatic heterocycles. The first-order valence-electron chi connectivity index (χ1n) is 6.03. The van der Waals surface area contributed by atoms with Crippen LogP contribution >= 0.6 is 11.8 Å². The number of aromatic nitrogens is 5. The van der Waals surface area contributed by atoms with E-state index >= 15 is 0 Å². The zero-order valence-electron chi connectivity index (χ0n) is 10.5. The number of hydrogen-bond donors (Lipinski definition) is 1. The summed E-state index contributed by atoms with van der Waals surface area (Å²) in [6.07, 6.45) is 3.50. The molecule has 1 aromatic carbocycles. The Morgan fingerprint density at radius 2 is 2.00 bits per heavy atom. The lowest BCUT2D eigenvalue weighted by Crippen LogP contribution is -2.01. The van der Waals surface area contributed by atoms with Gasteiger partial charge in [0, 0.05) is 23.8 Å². The predicted molar refractivity (Wildman–Crippen MR) is 75.4 cm³/mol. The van der Waals surface area contributed by atoms with E-state index in [2.05, 4.69) is 20.5 Å². The summed E-state index contributed by atoms with van der Waals surface area (Å²) in [5.74, 6) is 0. The highest BCUT2D eigenvalue weighted by molar-refractivity contribution is 7.99. The van der Waals surface area contributed by atoms with Crippen molar-refractivity contribution in [2.75, 3.05) is 0 Å². The SMILES string of the molecule is NCc1ccncc1Sc1nnnn1-c1ccccc1. The topological polar surface area (TPSA) is 82.5 Å². The molecular weight excluding hydrogens is 272 g/mol. The molecule has 100 valence electrons. The van der Waals surface area contributed by atoms with Gasteiger partial charge in [-0.1, -0.05) is 18.2 Å². The Morgan fingerprint density at radius 1 is 1.15 bits per heavy atom. The van der Waals surface area contributed by atoms with Crippen LogP contribution in [0, 0.1) is 0 Å². The first-order chi connectivity index (χ1) is 9.88. The van der Waals surface area contributed by atoms with Crippen molar-refractivity contribution in [1.29, 1.82) is 0 Å². The van der Waals surface area contributed by atoms with Crippen LogP contribution in [0.4, 0.5) is 0 Å². The lowest BCUT2D eigenvalue weighted by Gasteiger charge is -2.06. The van der Waals surface area contributed by atoms with E-state index in [4.69, 9.17) is 5.73 Å². The van der Waals surface area contributed by atoms with Gasteiger partial charge in [0.2, 0.25) is 5.16 Å². The first kappa shape index (κ1) is 12.8. The van der Waals surface area contributed by atoms with E-state index in [1.54, 1.807) is 17.1 Å². The number of rotatable bonds is 4. The van der Waals surface area contributed by atoms with Crippen molar-refractivity contribution in [3.8, 4) is 5.69 Å². The highest BCUT2D eigenvalue weighted by Gasteiger charge is 2.11. The van der Waals surface area contributed by atoms with Gasteiger partial charge in [-0.2, -0.15) is 4.68 Å². The molecular formula is C13H12N6S. The third-order valence-electron chi connectivity index (χ3n) is 2.73. The molecule has 2 heterocycles. The Morgan fingerprint density at radius 3 is 2.80 bits per heavy atom. The summed E-state index contributed by atoms with van der Waals surface area (Å²) in [6, 6.07) is 11.6. The molecule has 0 fully saturated rings. The molecule has 0 spiro atoms. The van der Waals surface area contributed by atoms with Gasteiger partial charge in [0.1, 0.15) is 0 Å². The molecule has 7 heteroatoms. The second-order valence-electron chi connectivity index (χ2n) is 4.00. The minimum atomic E-state index is 0.456. The normalized spacial score (nSPS) is 10.7. The molecule has 0 saturated carbocycles. The standard InChI is InChI=1S/C13H12N6S/c14-8-10-6-7-15-9-12(10)20-13-16-17-18-19(13)11-4-2-1-3-5-11/h1-7,9H,8,14H2. The maximum absolute atomic E-state index is 5.73. The molecule has 0 atom stereocenters. The van der Waals surface area contributed by atoms with Crippen molar-refractivity contribution in [3.05, 3.63) is 54.4 Å². The summed E-state index contributed by atoms with van der Waals surface area (Å²) in [4.78, 5) is 5.08. The number of tetrazole rings is 1. The fourth-order valence-electron chi connectivity index (χ4n) is 1.74. The van der Waals surface area contributed by atoms with Gasteiger partial charge >= 0.3 is 0 Å². The Labute approximate surface area is 120 Å². The van der Waals surface area contributed by atoms with E-state index < -0.39 is 0 Å². The van der Waals surface area contributed by atoms with E-state index in [-0.39, 0.29) is 0 Å². The predicted octanol–water partition coefficient (Wildman–Crippen LogP) is 1.67. The zero-order valence-corrected chi connectivity index (χ0v) is 11.4. The number of hydrogen-bond acceptors (Lipinski definition) is 6. The van der Waals surface area contributed by atoms with Crippen LogP contribution in [0.3, 0.4) is 0 Å². The van der Waals surface area contributed by atoms with Gasteiger partial charge in [-0.3, -0.25) is 4.98 Å². The molecule has 0 radical (unpaired) electrons. The van der Waals surface area contributed by atoms with Crippen LogP contribution in [0.2, 0.25) is 0 Å². The molecule has 0 bridgehead atoms. The molecule has 2 N–H and O–H groups in total. The van der Waals surface area contributed by atoms with Crippen LogP contribution in [-0.2, 0) is 6.54 Å². The van der Waals surface area contributed by atoms with Crippen molar-refractivity contribution in [1.82, 2.24) is 25.2 Å². The highest BCUT2D eigenvalue weighted by atomic mass is 32.2. The average molecular weight is 284 g/mol. The summed E-state index contributed by atoms with van der Waals surface area (Å²) in [5, 5.41) is 12.5. The van der Waals surface area contributed by atoms with Gasteiger partial charge in [0.25, 0.3) is 0 Å². The number of pyridine rings is 1. The lowest BCUT2D eigenvalue weighted by atomic mass is 10.3. The van der Waals surface area contributed by atoms with Gasteiger partial charge in [-0.05, 0) is 46.0 Å². The fourth-order valence-corrected chi connectivity index (χ4v) is 2.64. The van der Waals surface area contributed by atoms with E-state index in [1.165, 1.54) is 11.8 Å². The second-order valence-corrected chi connectivity index (χ2v) is 5.01. The molecule has 3 rings (SSSR count). The van der Waals surface area contributed by atoms with Gasteiger partial charge in [-0.25, -0.2) is 0 Å². The lowest BCUT2D eigenvalue weighted by molar-refractivity contribution is 0.756. The molecule has 3 aromatic rings. The van der Waals surface area contributed by atoms with Gasteiger partial charge < -0.3 is 5.73 Å². The molecule has 0 aliphatic rings. The van der Waals surface area contributed by atoms with Gasteiger partial charge in [-0.15, -0.1) is 5.10 Å². The average Bonchev–Trinajstić information content (AvgIpc) is 2.97. The van der Waals surface area contributed by atoms with Crippen molar-refractivity contribution < 1.29 is 0 Å². The third-order valence-corrected chi connectivity index (χ3v) is 3.76. The van der Waals surface area contributed by atoms with Crippen molar-refractivity contribution in [3.63, 3.8) is 0 Å². The van der Waals surface area contributed by atoms with Crippen LogP contribution in [0.25, 0.3) is 5.69 Å². The summed E-state index contributed by atoms with van der Waals surface area (Å²) >= 11 is 1.45. The van der Waals surface area contributed by atoms with E-state index in [1.807, 2.05) is 36.4 Å². The van der Waals surface area contributed by atoms with E-state index in [9.17, 15) is 0 Å². The van der Waals surface area contributed by atoms with Gasteiger partial charge in [0.05, 0.1) is 5.69 Å². The molecule has 2 aromatic heterocycles. The minimum absolute atomic E-state index is 0.456. The number of nitrogens with two attached hydrogens (primary N) is 1. The number of nitrogens with zero attached hydrogens (tertiary/aromatic N) is 5. The van der Waals surface area contributed by atoms with Crippen molar-refractivity contribution in [2.24, 2.45) is 5.73 Å². The quantitative estimate of drug-likeness (QED) is 0.784. The molecule has 0 aliphatic carbocycles. The molecule has 0 unspecified atom stereocenters. The van der Waals surface area contributed by atoms with Gasteiger partial charge in [0.15, 0.2) is 0 Å². The second kappa shape index (κ2) is 5.81. The number of benzene rings is 1. The summed E-state index contributed by atoms with van der Waals surface area (Å²) in [5.41, 5.74) is 7.67.